The number of ether oxygens (including phenoxy) is 2. The van der Waals surface area contributed by atoms with Crippen molar-refractivity contribution in [3.8, 4) is 5.75 Å². The average molecular weight is 367 g/mol. The molecular formula is C22H25NO4. The highest BCUT2D eigenvalue weighted by Gasteiger charge is 2.08. The van der Waals surface area contributed by atoms with Gasteiger partial charge in [0.25, 0.3) is 0 Å². The summed E-state index contributed by atoms with van der Waals surface area (Å²) in [5.74, 6) is 0.120. The molecule has 0 aromatic heterocycles. The molecule has 0 bridgehead atoms. The van der Waals surface area contributed by atoms with Crippen LogP contribution in [0.3, 0.4) is 0 Å². The Labute approximate surface area is 160 Å². The Morgan fingerprint density at radius 3 is 2.44 bits per heavy atom. The first-order valence-corrected chi connectivity index (χ1v) is 8.86. The van der Waals surface area contributed by atoms with Crippen LogP contribution in [0.25, 0.3) is 6.08 Å². The fourth-order valence-electron chi connectivity index (χ4n) is 2.66. The molecule has 2 aromatic rings. The van der Waals surface area contributed by atoms with E-state index < -0.39 is 5.97 Å². The second kappa shape index (κ2) is 9.57. The Kier molecular flexibility index (Phi) is 7.17. The van der Waals surface area contributed by atoms with E-state index in [0.29, 0.717) is 17.9 Å². The molecule has 0 saturated carbocycles. The number of nitrogens with one attached hydrogen (secondary N) is 1. The summed E-state index contributed by atoms with van der Waals surface area (Å²) in [5, 5.41) is 2.77. The van der Waals surface area contributed by atoms with Crippen LogP contribution in [0.2, 0.25) is 0 Å². The molecule has 0 aliphatic rings. The van der Waals surface area contributed by atoms with Gasteiger partial charge in [0.2, 0.25) is 5.91 Å². The number of carbonyl (C=O) groups excluding carboxylic acids is 2. The SMILES string of the molecule is CCCOC(=O)c1cccc(NC(=O)/C=C/c2c(C)cc(OC)cc2C)c1. The van der Waals surface area contributed by atoms with Crippen LogP contribution < -0.4 is 10.1 Å². The molecule has 0 fully saturated rings. The van der Waals surface area contributed by atoms with E-state index in [1.54, 1.807) is 37.5 Å². The molecule has 1 N–H and O–H groups in total. The van der Waals surface area contributed by atoms with E-state index in [4.69, 9.17) is 9.47 Å². The molecule has 0 spiro atoms. The average Bonchev–Trinajstić information content (AvgIpc) is 2.65. The van der Waals surface area contributed by atoms with Gasteiger partial charge in [-0.25, -0.2) is 4.79 Å². The highest BCUT2D eigenvalue weighted by molar-refractivity contribution is 6.02. The predicted molar refractivity (Wildman–Crippen MR) is 107 cm³/mol. The molecule has 0 aliphatic carbocycles. The number of hydrogen-bond donors (Lipinski definition) is 1. The zero-order valence-corrected chi connectivity index (χ0v) is 16.2. The Bertz CT molecular complexity index is 832. The van der Waals surface area contributed by atoms with Crippen molar-refractivity contribution in [3.05, 3.63) is 64.7 Å². The van der Waals surface area contributed by atoms with Gasteiger partial charge in [-0.1, -0.05) is 13.0 Å². The third-order valence-corrected chi connectivity index (χ3v) is 4.01. The molecule has 0 aliphatic heterocycles. The maximum atomic E-state index is 12.2. The standard InChI is InChI=1S/C22H25NO4/c1-5-11-27-22(25)17-7-6-8-18(14-17)23-21(24)10-9-20-15(2)12-19(26-4)13-16(20)3/h6-10,12-14H,5,11H2,1-4H3,(H,23,24)/b10-9+. The lowest BCUT2D eigenvalue weighted by atomic mass is 10.0. The molecule has 142 valence electrons. The smallest absolute Gasteiger partial charge is 0.338 e. The highest BCUT2D eigenvalue weighted by Crippen LogP contribution is 2.22. The van der Waals surface area contributed by atoms with Gasteiger partial charge in [-0.05, 0) is 73.4 Å². The van der Waals surface area contributed by atoms with Crippen LogP contribution in [0.5, 0.6) is 5.75 Å². The van der Waals surface area contributed by atoms with Crippen LogP contribution in [-0.2, 0) is 9.53 Å². The zero-order chi connectivity index (χ0) is 19.8. The number of aryl methyl sites for hydroxylation is 2. The van der Waals surface area contributed by atoms with Crippen molar-refractivity contribution in [2.24, 2.45) is 0 Å². The second-order valence-electron chi connectivity index (χ2n) is 6.21. The lowest BCUT2D eigenvalue weighted by Crippen LogP contribution is -2.10. The summed E-state index contributed by atoms with van der Waals surface area (Å²) in [5.41, 5.74) is 3.97. The monoisotopic (exact) mass is 367 g/mol. The van der Waals surface area contributed by atoms with Crippen molar-refractivity contribution >= 4 is 23.6 Å². The minimum atomic E-state index is -0.395. The molecule has 0 heterocycles. The molecule has 0 atom stereocenters. The molecule has 5 heteroatoms. The zero-order valence-electron chi connectivity index (χ0n) is 16.2. The maximum Gasteiger partial charge on any atom is 0.338 e. The normalized spacial score (nSPS) is 10.7. The summed E-state index contributed by atoms with van der Waals surface area (Å²) in [4.78, 5) is 24.2. The van der Waals surface area contributed by atoms with E-state index in [1.807, 2.05) is 32.9 Å². The topological polar surface area (TPSA) is 64.6 Å². The third-order valence-electron chi connectivity index (χ3n) is 4.01. The Morgan fingerprint density at radius 1 is 1.11 bits per heavy atom. The molecule has 27 heavy (non-hydrogen) atoms. The lowest BCUT2D eigenvalue weighted by Gasteiger charge is -2.09. The van der Waals surface area contributed by atoms with Gasteiger partial charge in [0.05, 0.1) is 19.3 Å². The summed E-state index contributed by atoms with van der Waals surface area (Å²) in [7, 11) is 1.63. The van der Waals surface area contributed by atoms with Crippen LogP contribution >= 0.6 is 0 Å². The van der Waals surface area contributed by atoms with Gasteiger partial charge < -0.3 is 14.8 Å². The van der Waals surface area contributed by atoms with Gasteiger partial charge in [0.15, 0.2) is 0 Å². The summed E-state index contributed by atoms with van der Waals surface area (Å²) < 4.78 is 10.4. The first-order chi connectivity index (χ1) is 12.9. The van der Waals surface area contributed by atoms with Gasteiger partial charge in [-0.2, -0.15) is 0 Å². The minimum absolute atomic E-state index is 0.274. The molecule has 0 saturated heterocycles. The summed E-state index contributed by atoms with van der Waals surface area (Å²) in [6, 6.07) is 10.6. The molecule has 5 nitrogen and oxygen atoms in total. The Hall–Kier alpha value is -3.08. The number of anilines is 1. The van der Waals surface area contributed by atoms with E-state index in [9.17, 15) is 9.59 Å². The minimum Gasteiger partial charge on any atom is -0.497 e. The van der Waals surface area contributed by atoms with E-state index in [1.165, 1.54) is 6.08 Å². The molecule has 0 radical (unpaired) electrons. The van der Waals surface area contributed by atoms with Gasteiger partial charge in [-0.15, -0.1) is 0 Å². The van der Waals surface area contributed by atoms with Crippen LogP contribution in [0.15, 0.2) is 42.5 Å². The number of amides is 1. The van der Waals surface area contributed by atoms with Crippen molar-refractivity contribution in [2.45, 2.75) is 27.2 Å². The molecule has 0 unspecified atom stereocenters. The van der Waals surface area contributed by atoms with Gasteiger partial charge >= 0.3 is 5.97 Å². The summed E-state index contributed by atoms with van der Waals surface area (Å²) >= 11 is 0. The number of carbonyl (C=O) groups is 2. The maximum absolute atomic E-state index is 12.2. The summed E-state index contributed by atoms with van der Waals surface area (Å²) in [6.07, 6.45) is 4.01. The Morgan fingerprint density at radius 2 is 1.81 bits per heavy atom. The fraction of sp³-hybridized carbons (Fsp3) is 0.273. The van der Waals surface area contributed by atoms with E-state index >= 15 is 0 Å². The first kappa shape index (κ1) is 20.2. The van der Waals surface area contributed by atoms with E-state index in [0.717, 1.165) is 28.9 Å². The molecule has 1 amide bonds. The quantitative estimate of drug-likeness (QED) is 0.577. The van der Waals surface area contributed by atoms with Gasteiger partial charge in [0, 0.05) is 11.8 Å². The largest absolute Gasteiger partial charge is 0.497 e. The van der Waals surface area contributed by atoms with Crippen LogP contribution in [0.4, 0.5) is 5.69 Å². The van der Waals surface area contributed by atoms with Crippen LogP contribution in [0, 0.1) is 13.8 Å². The van der Waals surface area contributed by atoms with Crippen molar-refractivity contribution in [1.82, 2.24) is 0 Å². The first-order valence-electron chi connectivity index (χ1n) is 8.86. The van der Waals surface area contributed by atoms with Crippen molar-refractivity contribution in [1.29, 1.82) is 0 Å². The van der Waals surface area contributed by atoms with E-state index in [2.05, 4.69) is 5.32 Å². The fourth-order valence-corrected chi connectivity index (χ4v) is 2.66. The molecular weight excluding hydrogens is 342 g/mol. The van der Waals surface area contributed by atoms with Crippen molar-refractivity contribution < 1.29 is 19.1 Å². The summed E-state index contributed by atoms with van der Waals surface area (Å²) in [6.45, 7) is 6.25. The van der Waals surface area contributed by atoms with E-state index in [-0.39, 0.29) is 5.91 Å². The lowest BCUT2D eigenvalue weighted by molar-refractivity contribution is -0.111. The number of rotatable bonds is 7. The van der Waals surface area contributed by atoms with Crippen LogP contribution in [0.1, 0.15) is 40.4 Å². The number of esters is 1. The number of methoxy groups -OCH3 is 1. The van der Waals surface area contributed by atoms with Gasteiger partial charge in [-0.3, -0.25) is 4.79 Å². The van der Waals surface area contributed by atoms with Crippen molar-refractivity contribution in [3.63, 3.8) is 0 Å². The van der Waals surface area contributed by atoms with Crippen LogP contribution in [-0.4, -0.2) is 25.6 Å². The van der Waals surface area contributed by atoms with Gasteiger partial charge in [0.1, 0.15) is 5.75 Å². The number of benzene rings is 2. The molecule has 2 aromatic carbocycles. The van der Waals surface area contributed by atoms with Crippen molar-refractivity contribution in [2.75, 3.05) is 19.0 Å². The second-order valence-corrected chi connectivity index (χ2v) is 6.21. The predicted octanol–water partition coefficient (Wildman–Crippen LogP) is 4.53. The highest BCUT2D eigenvalue weighted by atomic mass is 16.5. The Balaban J connectivity index is 2.08. The third kappa shape index (κ3) is 5.71. The number of hydrogen-bond acceptors (Lipinski definition) is 4. The molecule has 2 rings (SSSR count).